The van der Waals surface area contributed by atoms with E-state index in [1.54, 1.807) is 0 Å². The Balaban J connectivity index is 1.41. The third kappa shape index (κ3) is 5.23. The summed E-state index contributed by atoms with van der Waals surface area (Å²) >= 11 is 0. The summed E-state index contributed by atoms with van der Waals surface area (Å²) in [4.78, 5) is 14.9. The minimum Gasteiger partial charge on any atom is -0.481 e. The second kappa shape index (κ2) is 9.40. The van der Waals surface area contributed by atoms with Crippen LogP contribution in [0.3, 0.4) is 0 Å². The Morgan fingerprint density at radius 2 is 2.15 bits per heavy atom. The van der Waals surface area contributed by atoms with E-state index in [2.05, 4.69) is 23.2 Å². The normalized spacial score (nSPS) is 21.7. The second-order valence-electron chi connectivity index (χ2n) is 8.05. The van der Waals surface area contributed by atoms with Crippen molar-refractivity contribution in [3.63, 3.8) is 0 Å². The predicted octanol–water partition coefficient (Wildman–Crippen LogP) is 3.57. The van der Waals surface area contributed by atoms with Crippen molar-refractivity contribution in [1.29, 1.82) is 0 Å². The minimum absolute atomic E-state index is 0.00887. The lowest BCUT2D eigenvalue weighted by Crippen LogP contribution is -2.39. The predicted molar refractivity (Wildman–Crippen MR) is 106 cm³/mol. The van der Waals surface area contributed by atoms with Gasteiger partial charge in [0, 0.05) is 13.1 Å². The first kappa shape index (κ1) is 19.2. The molecule has 2 atom stereocenters. The maximum absolute atomic E-state index is 12.4. The summed E-state index contributed by atoms with van der Waals surface area (Å²) in [5.74, 6) is 1.70. The van der Waals surface area contributed by atoms with Gasteiger partial charge in [0.05, 0.1) is 0 Å². The van der Waals surface area contributed by atoms with Crippen molar-refractivity contribution >= 4 is 5.91 Å². The Morgan fingerprint density at radius 1 is 1.31 bits per heavy atom. The van der Waals surface area contributed by atoms with Gasteiger partial charge in [-0.1, -0.05) is 19.1 Å². The second-order valence-corrected chi connectivity index (χ2v) is 8.05. The van der Waals surface area contributed by atoms with E-state index in [1.807, 2.05) is 19.1 Å². The average Bonchev–Trinajstić information content (AvgIpc) is 2.65. The maximum atomic E-state index is 12.4. The van der Waals surface area contributed by atoms with Crippen LogP contribution in [0.5, 0.6) is 5.75 Å². The van der Waals surface area contributed by atoms with Crippen molar-refractivity contribution in [2.45, 2.75) is 64.9 Å². The monoisotopic (exact) mass is 358 g/mol. The zero-order valence-electron chi connectivity index (χ0n) is 16.4. The van der Waals surface area contributed by atoms with Gasteiger partial charge >= 0.3 is 0 Å². The first-order chi connectivity index (χ1) is 12.6. The molecule has 1 amide bonds. The number of hydrogen-bond donors (Lipinski definition) is 1. The van der Waals surface area contributed by atoms with E-state index < -0.39 is 6.10 Å². The van der Waals surface area contributed by atoms with Crippen molar-refractivity contribution in [2.24, 2.45) is 5.92 Å². The Kier molecular flexibility index (Phi) is 6.95. The summed E-state index contributed by atoms with van der Waals surface area (Å²) in [7, 11) is 0. The van der Waals surface area contributed by atoms with Gasteiger partial charge < -0.3 is 15.0 Å². The van der Waals surface area contributed by atoms with Crippen LogP contribution in [0.4, 0.5) is 0 Å². The van der Waals surface area contributed by atoms with E-state index >= 15 is 0 Å². The molecule has 1 aliphatic heterocycles. The van der Waals surface area contributed by atoms with E-state index in [0.29, 0.717) is 0 Å². The van der Waals surface area contributed by atoms with E-state index in [-0.39, 0.29) is 5.91 Å². The fourth-order valence-corrected chi connectivity index (χ4v) is 4.25. The number of benzene rings is 1. The molecule has 0 aromatic heterocycles. The molecular formula is C22H34N2O2. The molecule has 0 radical (unpaired) electrons. The molecule has 3 rings (SSSR count). The molecule has 1 saturated heterocycles. The van der Waals surface area contributed by atoms with E-state index in [1.165, 1.54) is 49.9 Å². The number of nitrogens with one attached hydrogen (secondary N) is 1. The van der Waals surface area contributed by atoms with Gasteiger partial charge in [-0.15, -0.1) is 0 Å². The van der Waals surface area contributed by atoms with Crippen LogP contribution in [0.15, 0.2) is 18.2 Å². The van der Waals surface area contributed by atoms with Gasteiger partial charge in [-0.25, -0.2) is 0 Å². The van der Waals surface area contributed by atoms with Gasteiger partial charge in [0.2, 0.25) is 0 Å². The molecule has 4 nitrogen and oxygen atoms in total. The zero-order chi connectivity index (χ0) is 18.4. The number of amides is 1. The summed E-state index contributed by atoms with van der Waals surface area (Å²) in [6, 6.07) is 6.24. The molecule has 4 heteroatoms. The van der Waals surface area contributed by atoms with Gasteiger partial charge in [0.1, 0.15) is 5.75 Å². The van der Waals surface area contributed by atoms with Crippen LogP contribution in [0.25, 0.3) is 0 Å². The van der Waals surface area contributed by atoms with Crippen molar-refractivity contribution in [3.05, 3.63) is 29.3 Å². The van der Waals surface area contributed by atoms with Gasteiger partial charge in [-0.05, 0) is 88.1 Å². The molecule has 0 spiro atoms. The molecule has 0 bridgehead atoms. The van der Waals surface area contributed by atoms with Gasteiger partial charge in [-0.3, -0.25) is 4.79 Å². The molecule has 1 aliphatic carbocycles. The van der Waals surface area contributed by atoms with Crippen molar-refractivity contribution in [2.75, 3.05) is 26.2 Å². The third-order valence-corrected chi connectivity index (χ3v) is 5.72. The number of carbonyl (C=O) groups is 1. The molecule has 1 N–H and O–H groups in total. The van der Waals surface area contributed by atoms with Crippen LogP contribution in [0, 0.1) is 5.92 Å². The standard InChI is InChI=1S/C22H34N2O2/c1-17-8-6-14-24(16-17)15-7-13-23-22(25)18(2)26-21-12-5-10-19-9-3-4-11-20(19)21/h5,10,12,17-18H,3-4,6-9,11,13-16H2,1-2H3,(H,23,25). The Bertz CT molecular complexity index is 602. The number of fused-ring (bicyclic) bond motifs is 1. The molecule has 1 aromatic rings. The Hall–Kier alpha value is -1.55. The third-order valence-electron chi connectivity index (χ3n) is 5.72. The van der Waals surface area contributed by atoms with Crippen molar-refractivity contribution in [1.82, 2.24) is 10.2 Å². The molecule has 2 aliphatic rings. The van der Waals surface area contributed by atoms with Crippen LogP contribution in [0.2, 0.25) is 0 Å². The molecule has 0 saturated carbocycles. The molecule has 1 fully saturated rings. The number of likely N-dealkylation sites (tertiary alicyclic amines) is 1. The average molecular weight is 359 g/mol. The maximum Gasteiger partial charge on any atom is 0.260 e. The quantitative estimate of drug-likeness (QED) is 0.758. The summed E-state index contributed by atoms with van der Waals surface area (Å²) in [6.07, 6.45) is 7.87. The number of nitrogens with zero attached hydrogens (tertiary/aromatic N) is 1. The Labute approximate surface area is 158 Å². The smallest absolute Gasteiger partial charge is 0.260 e. The highest BCUT2D eigenvalue weighted by Crippen LogP contribution is 2.30. The number of aryl methyl sites for hydroxylation is 1. The molecule has 1 aromatic carbocycles. The van der Waals surface area contributed by atoms with E-state index in [4.69, 9.17) is 4.74 Å². The summed E-state index contributed by atoms with van der Waals surface area (Å²) in [5, 5.41) is 3.04. The molecular weight excluding hydrogens is 324 g/mol. The molecule has 26 heavy (non-hydrogen) atoms. The summed E-state index contributed by atoms with van der Waals surface area (Å²) in [5.41, 5.74) is 2.69. The highest BCUT2D eigenvalue weighted by molar-refractivity contribution is 5.80. The summed E-state index contributed by atoms with van der Waals surface area (Å²) in [6.45, 7) is 8.39. The van der Waals surface area contributed by atoms with E-state index in [9.17, 15) is 4.79 Å². The topological polar surface area (TPSA) is 41.6 Å². The highest BCUT2D eigenvalue weighted by atomic mass is 16.5. The lowest BCUT2D eigenvalue weighted by Gasteiger charge is -2.30. The van der Waals surface area contributed by atoms with Crippen LogP contribution >= 0.6 is 0 Å². The lowest BCUT2D eigenvalue weighted by molar-refractivity contribution is -0.127. The van der Waals surface area contributed by atoms with Gasteiger partial charge in [-0.2, -0.15) is 0 Å². The van der Waals surface area contributed by atoms with E-state index in [0.717, 1.165) is 44.0 Å². The molecule has 2 unspecified atom stereocenters. The minimum atomic E-state index is -0.446. The zero-order valence-corrected chi connectivity index (χ0v) is 16.4. The summed E-state index contributed by atoms with van der Waals surface area (Å²) < 4.78 is 6.01. The highest BCUT2D eigenvalue weighted by Gasteiger charge is 2.19. The van der Waals surface area contributed by atoms with Crippen LogP contribution < -0.4 is 10.1 Å². The number of carbonyl (C=O) groups excluding carboxylic acids is 1. The fraction of sp³-hybridized carbons (Fsp3) is 0.682. The number of rotatable bonds is 7. The van der Waals surface area contributed by atoms with Crippen molar-refractivity contribution < 1.29 is 9.53 Å². The first-order valence-electron chi connectivity index (χ1n) is 10.4. The van der Waals surface area contributed by atoms with Crippen LogP contribution in [-0.4, -0.2) is 43.1 Å². The Morgan fingerprint density at radius 3 is 3.00 bits per heavy atom. The SMILES string of the molecule is CC1CCCN(CCCNC(=O)C(C)Oc2cccc3c2CCCC3)C1. The number of hydrogen-bond acceptors (Lipinski definition) is 3. The fourth-order valence-electron chi connectivity index (χ4n) is 4.25. The molecule has 1 heterocycles. The number of piperidine rings is 1. The van der Waals surface area contributed by atoms with Gasteiger partial charge in [0.15, 0.2) is 6.10 Å². The number of ether oxygens (including phenoxy) is 1. The molecule has 144 valence electrons. The lowest BCUT2D eigenvalue weighted by atomic mass is 9.91. The first-order valence-corrected chi connectivity index (χ1v) is 10.4. The van der Waals surface area contributed by atoms with Gasteiger partial charge in [0.25, 0.3) is 5.91 Å². The van der Waals surface area contributed by atoms with Crippen LogP contribution in [0.1, 0.15) is 57.1 Å². The van der Waals surface area contributed by atoms with Crippen LogP contribution in [-0.2, 0) is 17.6 Å². The largest absolute Gasteiger partial charge is 0.481 e. The van der Waals surface area contributed by atoms with Crippen molar-refractivity contribution in [3.8, 4) is 5.75 Å².